The molecule has 0 spiro atoms. The summed E-state index contributed by atoms with van der Waals surface area (Å²) < 4.78 is 6.18. The maximum Gasteiger partial charge on any atom is 0.174 e. The van der Waals surface area contributed by atoms with Crippen LogP contribution in [0, 0.1) is 0 Å². The average molecular weight is 328 g/mol. The lowest BCUT2D eigenvalue weighted by molar-refractivity contribution is 0.525. The van der Waals surface area contributed by atoms with Gasteiger partial charge in [0.15, 0.2) is 4.67 Å². The second kappa shape index (κ2) is 6.55. The SMILES string of the molecule is CCCNC(c1ccc(CC)s1)c1ccoc1Br. The molecule has 0 saturated carbocycles. The lowest BCUT2D eigenvalue weighted by atomic mass is 10.1. The Morgan fingerprint density at radius 2 is 2.17 bits per heavy atom. The molecular formula is C14H18BrNOS. The second-order valence-corrected chi connectivity index (χ2v) is 6.11. The molecule has 2 rings (SSSR count). The zero-order valence-corrected chi connectivity index (χ0v) is 13.1. The van der Waals surface area contributed by atoms with Crippen LogP contribution in [0.15, 0.2) is 33.5 Å². The molecule has 2 nitrogen and oxygen atoms in total. The summed E-state index contributed by atoms with van der Waals surface area (Å²) in [5.74, 6) is 0. The van der Waals surface area contributed by atoms with E-state index >= 15 is 0 Å². The van der Waals surface area contributed by atoms with Gasteiger partial charge in [0.05, 0.1) is 12.3 Å². The van der Waals surface area contributed by atoms with E-state index in [1.165, 1.54) is 15.3 Å². The first kappa shape index (κ1) is 13.8. The van der Waals surface area contributed by atoms with Gasteiger partial charge in [0.25, 0.3) is 0 Å². The third-order valence-electron chi connectivity index (χ3n) is 2.87. The van der Waals surface area contributed by atoms with Crippen molar-refractivity contribution in [1.29, 1.82) is 0 Å². The number of aryl methyl sites for hydroxylation is 1. The lowest BCUT2D eigenvalue weighted by Crippen LogP contribution is -2.22. The number of furan rings is 1. The standard InChI is InChI=1S/C14H18BrNOS/c1-3-8-16-13(11-7-9-17-14(11)15)12-6-5-10(4-2)18-12/h5-7,9,13,16H,3-4,8H2,1-2H3. The van der Waals surface area contributed by atoms with Gasteiger partial charge in [-0.25, -0.2) is 0 Å². The highest BCUT2D eigenvalue weighted by atomic mass is 79.9. The van der Waals surface area contributed by atoms with Crippen LogP contribution in [0.25, 0.3) is 0 Å². The van der Waals surface area contributed by atoms with Crippen molar-refractivity contribution in [2.45, 2.75) is 32.7 Å². The smallest absolute Gasteiger partial charge is 0.174 e. The summed E-state index contributed by atoms with van der Waals surface area (Å²) in [6.07, 6.45) is 3.95. The Morgan fingerprint density at radius 1 is 1.33 bits per heavy atom. The topological polar surface area (TPSA) is 25.2 Å². The number of halogens is 1. The minimum atomic E-state index is 0.225. The van der Waals surface area contributed by atoms with Crippen LogP contribution >= 0.6 is 27.3 Å². The van der Waals surface area contributed by atoms with Gasteiger partial charge in [-0.05, 0) is 53.5 Å². The number of thiophene rings is 1. The normalized spacial score (nSPS) is 12.8. The first-order chi connectivity index (χ1) is 8.76. The summed E-state index contributed by atoms with van der Waals surface area (Å²) in [4.78, 5) is 2.77. The van der Waals surface area contributed by atoms with Gasteiger partial charge < -0.3 is 9.73 Å². The molecule has 2 aromatic rings. The zero-order chi connectivity index (χ0) is 13.0. The van der Waals surface area contributed by atoms with Crippen LogP contribution in [0.5, 0.6) is 0 Å². The Bertz CT molecular complexity index is 491. The highest BCUT2D eigenvalue weighted by Gasteiger charge is 2.19. The van der Waals surface area contributed by atoms with Crippen LogP contribution in [0.4, 0.5) is 0 Å². The quantitative estimate of drug-likeness (QED) is 0.827. The number of nitrogens with one attached hydrogen (secondary N) is 1. The Labute approximate surface area is 121 Å². The molecule has 0 aliphatic carbocycles. The predicted molar refractivity (Wildman–Crippen MR) is 80.2 cm³/mol. The van der Waals surface area contributed by atoms with E-state index in [9.17, 15) is 0 Å². The summed E-state index contributed by atoms with van der Waals surface area (Å²) in [5, 5.41) is 3.59. The number of rotatable bonds is 6. The van der Waals surface area contributed by atoms with Gasteiger partial charge in [-0.2, -0.15) is 0 Å². The molecule has 0 aliphatic heterocycles. The van der Waals surface area contributed by atoms with Crippen LogP contribution in [-0.4, -0.2) is 6.54 Å². The molecule has 4 heteroatoms. The minimum absolute atomic E-state index is 0.225. The van der Waals surface area contributed by atoms with E-state index in [1.54, 1.807) is 6.26 Å². The zero-order valence-electron chi connectivity index (χ0n) is 10.7. The number of hydrogen-bond acceptors (Lipinski definition) is 3. The first-order valence-corrected chi connectivity index (χ1v) is 7.92. The number of hydrogen-bond donors (Lipinski definition) is 1. The molecule has 0 bridgehead atoms. The molecule has 1 N–H and O–H groups in total. The largest absolute Gasteiger partial charge is 0.457 e. The Balaban J connectivity index is 2.27. The molecule has 18 heavy (non-hydrogen) atoms. The van der Waals surface area contributed by atoms with Gasteiger partial charge in [0.2, 0.25) is 0 Å². The van der Waals surface area contributed by atoms with E-state index in [2.05, 4.69) is 47.2 Å². The van der Waals surface area contributed by atoms with Crippen molar-refractivity contribution < 1.29 is 4.42 Å². The van der Waals surface area contributed by atoms with Crippen LogP contribution in [0.3, 0.4) is 0 Å². The highest BCUT2D eigenvalue weighted by molar-refractivity contribution is 9.10. The Kier molecular flexibility index (Phi) is 5.03. The summed E-state index contributed by atoms with van der Waals surface area (Å²) >= 11 is 5.35. The van der Waals surface area contributed by atoms with Crippen molar-refractivity contribution in [2.75, 3.05) is 6.54 Å². The summed E-state index contributed by atoms with van der Waals surface area (Å²) in [6, 6.07) is 6.69. The molecule has 1 atom stereocenters. The van der Waals surface area contributed by atoms with Crippen LogP contribution in [-0.2, 0) is 6.42 Å². The fraction of sp³-hybridized carbons (Fsp3) is 0.429. The van der Waals surface area contributed by atoms with Crippen molar-refractivity contribution in [3.8, 4) is 0 Å². The van der Waals surface area contributed by atoms with Gasteiger partial charge in [0.1, 0.15) is 0 Å². The molecule has 2 aromatic heterocycles. The predicted octanol–water partition coefficient (Wildman–Crippen LogP) is 4.76. The van der Waals surface area contributed by atoms with Crippen molar-refractivity contribution in [2.24, 2.45) is 0 Å². The van der Waals surface area contributed by atoms with E-state index in [0.29, 0.717) is 0 Å². The van der Waals surface area contributed by atoms with Crippen LogP contribution in [0.1, 0.15) is 41.6 Å². The van der Waals surface area contributed by atoms with Crippen molar-refractivity contribution in [3.63, 3.8) is 0 Å². The molecule has 0 aromatic carbocycles. The summed E-state index contributed by atoms with van der Waals surface area (Å²) in [6.45, 7) is 5.37. The molecule has 0 aliphatic rings. The molecule has 0 radical (unpaired) electrons. The molecule has 1 unspecified atom stereocenters. The molecule has 2 heterocycles. The van der Waals surface area contributed by atoms with E-state index < -0.39 is 0 Å². The lowest BCUT2D eigenvalue weighted by Gasteiger charge is -2.16. The van der Waals surface area contributed by atoms with E-state index in [0.717, 1.165) is 24.1 Å². The van der Waals surface area contributed by atoms with Gasteiger partial charge in [0, 0.05) is 15.3 Å². The second-order valence-electron chi connectivity index (χ2n) is 4.19. The van der Waals surface area contributed by atoms with Crippen molar-refractivity contribution in [3.05, 3.63) is 44.4 Å². The highest BCUT2D eigenvalue weighted by Crippen LogP contribution is 2.33. The van der Waals surface area contributed by atoms with Crippen molar-refractivity contribution >= 4 is 27.3 Å². The Hall–Kier alpha value is -0.580. The van der Waals surface area contributed by atoms with E-state index in [4.69, 9.17) is 4.42 Å². The van der Waals surface area contributed by atoms with Crippen molar-refractivity contribution in [1.82, 2.24) is 5.32 Å². The average Bonchev–Trinajstić information content (AvgIpc) is 3.00. The fourth-order valence-corrected chi connectivity index (χ4v) is 3.42. The Morgan fingerprint density at radius 3 is 2.72 bits per heavy atom. The fourth-order valence-electron chi connectivity index (χ4n) is 1.90. The van der Waals surface area contributed by atoms with Gasteiger partial charge >= 0.3 is 0 Å². The van der Waals surface area contributed by atoms with Gasteiger partial charge in [-0.15, -0.1) is 11.3 Å². The van der Waals surface area contributed by atoms with Gasteiger partial charge in [-0.3, -0.25) is 0 Å². The molecule has 98 valence electrons. The third kappa shape index (κ3) is 3.05. The summed E-state index contributed by atoms with van der Waals surface area (Å²) in [5.41, 5.74) is 1.17. The van der Waals surface area contributed by atoms with E-state index in [-0.39, 0.29) is 6.04 Å². The minimum Gasteiger partial charge on any atom is -0.457 e. The van der Waals surface area contributed by atoms with Crippen LogP contribution < -0.4 is 5.32 Å². The van der Waals surface area contributed by atoms with E-state index in [1.807, 2.05) is 17.4 Å². The molecular weight excluding hydrogens is 310 g/mol. The maximum atomic E-state index is 5.36. The first-order valence-electron chi connectivity index (χ1n) is 6.31. The molecule has 0 fully saturated rings. The monoisotopic (exact) mass is 327 g/mol. The third-order valence-corrected chi connectivity index (χ3v) is 4.81. The van der Waals surface area contributed by atoms with Gasteiger partial charge in [-0.1, -0.05) is 13.8 Å². The maximum absolute atomic E-state index is 5.36. The molecule has 0 saturated heterocycles. The molecule has 0 amide bonds. The summed E-state index contributed by atoms with van der Waals surface area (Å²) in [7, 11) is 0. The van der Waals surface area contributed by atoms with Crippen LogP contribution in [0.2, 0.25) is 0 Å².